The summed E-state index contributed by atoms with van der Waals surface area (Å²) in [7, 11) is 0. The smallest absolute Gasteiger partial charge is 0.481 e. The molecular formula is C12H31N3O4Pt+4. The summed E-state index contributed by atoms with van der Waals surface area (Å²) in [5.41, 5.74) is 0. The Kier molecular flexibility index (Phi) is 23.0. The Morgan fingerprint density at radius 2 is 1.35 bits per heavy atom. The van der Waals surface area contributed by atoms with Crippen LogP contribution in [-0.2, 0) is 30.7 Å². The number of carbonyl (C=O) groups is 2. The number of aliphatic carboxylic acids is 2. The predicted molar refractivity (Wildman–Crippen MR) is 77.0 cm³/mol. The molecule has 0 heterocycles. The van der Waals surface area contributed by atoms with Crippen LogP contribution in [0, 0.1) is 5.92 Å². The van der Waals surface area contributed by atoms with Gasteiger partial charge in [0, 0.05) is 0 Å². The van der Waals surface area contributed by atoms with Gasteiger partial charge in [-0.2, -0.15) is 0 Å². The van der Waals surface area contributed by atoms with Crippen LogP contribution in [0.1, 0.15) is 39.5 Å². The molecule has 0 saturated carbocycles. The first-order valence-corrected chi connectivity index (χ1v) is 6.20. The molecule has 20 heavy (non-hydrogen) atoms. The molecule has 0 aliphatic rings. The van der Waals surface area contributed by atoms with E-state index in [0.717, 1.165) is 32.5 Å². The topological polar surface area (TPSA) is 151 Å². The number of quaternary nitrogens is 2. The quantitative estimate of drug-likeness (QED) is 0.357. The van der Waals surface area contributed by atoms with Gasteiger partial charge in [-0.05, 0) is 45.3 Å². The number of carboxylic acids is 2. The van der Waals surface area contributed by atoms with Gasteiger partial charge in [-0.25, -0.2) is 0 Å². The number of hydrogen-bond acceptors (Lipinski definition) is 3. The van der Waals surface area contributed by atoms with Crippen molar-refractivity contribution in [3.05, 3.63) is 0 Å². The van der Waals surface area contributed by atoms with Gasteiger partial charge >= 0.3 is 33.0 Å². The van der Waals surface area contributed by atoms with Crippen LogP contribution in [0.5, 0.6) is 0 Å². The SMILES string of the molecule is CCCN(CCC)CCCC(C(=O)O)C(=O)O.[NH4+].[NH4+].[Pt+2]. The average Bonchev–Trinajstić information content (AvgIpc) is 2.23. The molecular weight excluding hydrogens is 445 g/mol. The largest absolute Gasteiger partial charge is 2.00 e. The maximum Gasteiger partial charge on any atom is 2.00 e. The molecule has 0 rings (SSSR count). The Morgan fingerprint density at radius 3 is 1.65 bits per heavy atom. The molecule has 0 aromatic rings. The average molecular weight is 476 g/mol. The van der Waals surface area contributed by atoms with Crippen molar-refractivity contribution in [2.45, 2.75) is 39.5 Å². The zero-order chi connectivity index (χ0) is 13.3. The van der Waals surface area contributed by atoms with Crippen molar-refractivity contribution in [2.75, 3.05) is 19.6 Å². The maximum absolute atomic E-state index is 10.7. The van der Waals surface area contributed by atoms with E-state index in [1.807, 2.05) is 0 Å². The number of carboxylic acid groups (broad SMARTS) is 2. The molecule has 0 atom stereocenters. The summed E-state index contributed by atoms with van der Waals surface area (Å²) >= 11 is 0. The second-order valence-electron chi connectivity index (χ2n) is 4.21. The van der Waals surface area contributed by atoms with E-state index in [4.69, 9.17) is 10.2 Å². The second-order valence-corrected chi connectivity index (χ2v) is 4.21. The first-order chi connectivity index (χ1) is 8.02. The number of hydrogen-bond donors (Lipinski definition) is 4. The molecule has 0 unspecified atom stereocenters. The van der Waals surface area contributed by atoms with Gasteiger partial charge in [0.1, 0.15) is 0 Å². The van der Waals surface area contributed by atoms with Gasteiger partial charge in [0.2, 0.25) is 0 Å². The summed E-state index contributed by atoms with van der Waals surface area (Å²) in [6.07, 6.45) is 2.93. The van der Waals surface area contributed by atoms with Gasteiger partial charge in [0.05, 0.1) is 0 Å². The molecule has 8 heteroatoms. The number of nitrogens with zero attached hydrogens (tertiary/aromatic N) is 1. The Morgan fingerprint density at radius 1 is 0.950 bits per heavy atom. The van der Waals surface area contributed by atoms with Crippen LogP contribution in [-0.4, -0.2) is 46.7 Å². The monoisotopic (exact) mass is 476 g/mol. The molecule has 0 aromatic carbocycles. The van der Waals surface area contributed by atoms with Crippen LogP contribution in [0.15, 0.2) is 0 Å². The molecule has 0 fully saturated rings. The number of rotatable bonds is 10. The molecule has 0 aliphatic heterocycles. The van der Waals surface area contributed by atoms with E-state index in [-0.39, 0.29) is 39.8 Å². The van der Waals surface area contributed by atoms with Gasteiger partial charge in [-0.3, -0.25) is 9.59 Å². The van der Waals surface area contributed by atoms with Crippen molar-refractivity contribution >= 4 is 11.9 Å². The van der Waals surface area contributed by atoms with Crippen LogP contribution >= 0.6 is 0 Å². The van der Waals surface area contributed by atoms with Crippen LogP contribution in [0.3, 0.4) is 0 Å². The molecule has 0 spiro atoms. The molecule has 7 nitrogen and oxygen atoms in total. The zero-order valence-electron chi connectivity index (χ0n) is 13.0. The fraction of sp³-hybridized carbons (Fsp3) is 0.833. The molecule has 124 valence electrons. The van der Waals surface area contributed by atoms with Gasteiger partial charge in [-0.15, -0.1) is 0 Å². The van der Waals surface area contributed by atoms with Crippen LogP contribution in [0.4, 0.5) is 0 Å². The van der Waals surface area contributed by atoms with Crippen molar-refractivity contribution in [1.82, 2.24) is 17.2 Å². The zero-order valence-corrected chi connectivity index (χ0v) is 15.3. The fourth-order valence-corrected chi connectivity index (χ4v) is 1.84. The van der Waals surface area contributed by atoms with Gasteiger partial charge in [0.15, 0.2) is 5.92 Å². The second kappa shape index (κ2) is 16.6. The minimum atomic E-state index is -1.26. The molecule has 10 N–H and O–H groups in total. The fourth-order valence-electron chi connectivity index (χ4n) is 1.84. The van der Waals surface area contributed by atoms with E-state index in [1.54, 1.807) is 0 Å². The summed E-state index contributed by atoms with van der Waals surface area (Å²) in [6.45, 7) is 6.94. The molecule has 0 amide bonds. The van der Waals surface area contributed by atoms with Crippen molar-refractivity contribution < 1.29 is 40.9 Å². The first-order valence-electron chi connectivity index (χ1n) is 6.20. The van der Waals surface area contributed by atoms with E-state index < -0.39 is 17.9 Å². The minimum absolute atomic E-state index is 0. The standard InChI is InChI=1S/C12H23NO4.2H3N.Pt/c1-3-7-13(8-4-2)9-5-6-10(11(14)15)12(16)17;;;/h10H,3-9H2,1-2H3,(H,14,15)(H,16,17);2*1H3;/q;;;+2/p+2. The van der Waals surface area contributed by atoms with E-state index in [1.165, 1.54) is 0 Å². The normalized spacial score (nSPS) is 9.40. The molecule has 0 saturated heterocycles. The summed E-state index contributed by atoms with van der Waals surface area (Å²) in [4.78, 5) is 23.6. The van der Waals surface area contributed by atoms with Crippen molar-refractivity contribution in [1.29, 1.82) is 0 Å². The Labute approximate surface area is 135 Å². The minimum Gasteiger partial charge on any atom is -0.481 e. The summed E-state index contributed by atoms with van der Waals surface area (Å²) < 4.78 is 0. The van der Waals surface area contributed by atoms with E-state index in [0.29, 0.717) is 6.42 Å². The van der Waals surface area contributed by atoms with E-state index in [2.05, 4.69) is 18.7 Å². The van der Waals surface area contributed by atoms with Crippen molar-refractivity contribution in [3.8, 4) is 0 Å². The van der Waals surface area contributed by atoms with E-state index in [9.17, 15) is 9.59 Å². The summed E-state index contributed by atoms with van der Waals surface area (Å²) in [5, 5.41) is 17.4. The molecule has 0 radical (unpaired) electrons. The van der Waals surface area contributed by atoms with Crippen LogP contribution in [0.25, 0.3) is 0 Å². The van der Waals surface area contributed by atoms with E-state index >= 15 is 0 Å². The third-order valence-electron chi connectivity index (χ3n) is 2.64. The van der Waals surface area contributed by atoms with Crippen molar-refractivity contribution in [3.63, 3.8) is 0 Å². The van der Waals surface area contributed by atoms with Crippen LogP contribution in [0.2, 0.25) is 0 Å². The maximum atomic E-state index is 10.7. The van der Waals surface area contributed by atoms with Crippen LogP contribution < -0.4 is 12.3 Å². The predicted octanol–water partition coefficient (Wildman–Crippen LogP) is 2.42. The molecule has 0 aromatic heterocycles. The summed E-state index contributed by atoms with van der Waals surface area (Å²) in [5.74, 6) is -3.75. The third kappa shape index (κ3) is 12.5. The van der Waals surface area contributed by atoms with Gasteiger partial charge in [0.25, 0.3) is 0 Å². The Hall–Kier alpha value is -0.492. The van der Waals surface area contributed by atoms with Gasteiger partial charge in [-0.1, -0.05) is 13.8 Å². The first kappa shape index (κ1) is 27.8. The molecule has 0 bridgehead atoms. The van der Waals surface area contributed by atoms with Gasteiger partial charge < -0.3 is 27.4 Å². The third-order valence-corrected chi connectivity index (χ3v) is 2.64. The Bertz CT molecular complexity index is 235. The van der Waals surface area contributed by atoms with Crippen molar-refractivity contribution in [2.24, 2.45) is 5.92 Å². The Balaban J connectivity index is -0.000000427. The molecule has 0 aliphatic carbocycles. The summed E-state index contributed by atoms with van der Waals surface area (Å²) in [6, 6.07) is 0.